The van der Waals surface area contributed by atoms with E-state index in [0.29, 0.717) is 19.6 Å². The molecule has 2 amide bonds. The average Bonchev–Trinajstić information content (AvgIpc) is 3.08. The van der Waals surface area contributed by atoms with Crippen molar-refractivity contribution in [3.8, 4) is 0 Å². The van der Waals surface area contributed by atoms with E-state index in [-0.39, 0.29) is 6.03 Å². The van der Waals surface area contributed by atoms with Crippen molar-refractivity contribution in [3.05, 3.63) is 42.4 Å². The molecule has 0 aromatic carbocycles. The summed E-state index contributed by atoms with van der Waals surface area (Å²) >= 11 is 0. The van der Waals surface area contributed by atoms with Crippen LogP contribution in [-0.2, 0) is 20.1 Å². The highest BCUT2D eigenvalue weighted by Crippen LogP contribution is 2.04. The van der Waals surface area contributed by atoms with Gasteiger partial charge in [-0.05, 0) is 12.5 Å². The van der Waals surface area contributed by atoms with E-state index in [1.54, 1.807) is 23.6 Å². The number of amides is 2. The Morgan fingerprint density at radius 2 is 2.40 bits per heavy atom. The lowest BCUT2D eigenvalue weighted by Crippen LogP contribution is -2.40. The van der Waals surface area contributed by atoms with Crippen LogP contribution < -0.4 is 5.32 Å². The first kappa shape index (κ1) is 14.2. The van der Waals surface area contributed by atoms with Gasteiger partial charge in [-0.25, -0.2) is 9.78 Å². The molecule has 20 heavy (non-hydrogen) atoms. The highest BCUT2D eigenvalue weighted by Gasteiger charge is 2.14. The van der Waals surface area contributed by atoms with Gasteiger partial charge in [0.25, 0.3) is 0 Å². The SMILES string of the molecule is CCCN(Cc1nccn1C)C(=O)NCc1ccoc1. The van der Waals surface area contributed by atoms with Crippen molar-refractivity contribution in [2.75, 3.05) is 6.54 Å². The van der Waals surface area contributed by atoms with Crippen LogP contribution in [0.15, 0.2) is 35.4 Å². The maximum atomic E-state index is 12.2. The molecule has 0 aliphatic carbocycles. The Bertz CT molecular complexity index is 533. The van der Waals surface area contributed by atoms with E-state index in [2.05, 4.69) is 17.2 Å². The quantitative estimate of drug-likeness (QED) is 0.879. The third kappa shape index (κ3) is 3.63. The maximum Gasteiger partial charge on any atom is 0.318 e. The Kier molecular flexibility index (Phi) is 4.81. The molecule has 108 valence electrons. The minimum atomic E-state index is -0.0870. The number of urea groups is 1. The summed E-state index contributed by atoms with van der Waals surface area (Å²) in [5.41, 5.74) is 0.951. The lowest BCUT2D eigenvalue weighted by atomic mass is 10.3. The average molecular weight is 276 g/mol. The predicted octanol–water partition coefficient (Wildman–Crippen LogP) is 2.13. The largest absolute Gasteiger partial charge is 0.472 e. The van der Waals surface area contributed by atoms with E-state index in [0.717, 1.165) is 17.8 Å². The van der Waals surface area contributed by atoms with Gasteiger partial charge in [0, 0.05) is 38.1 Å². The fraction of sp³-hybridized carbons (Fsp3) is 0.429. The number of hydrogen-bond donors (Lipinski definition) is 1. The normalized spacial score (nSPS) is 10.5. The summed E-state index contributed by atoms with van der Waals surface area (Å²) in [5, 5.41) is 2.89. The van der Waals surface area contributed by atoms with Gasteiger partial charge in [-0.3, -0.25) is 0 Å². The summed E-state index contributed by atoms with van der Waals surface area (Å²) in [4.78, 5) is 18.2. The van der Waals surface area contributed by atoms with E-state index >= 15 is 0 Å². The standard InChI is InChI=1S/C14H20N4O2/c1-3-6-18(10-13-15-5-7-17(13)2)14(19)16-9-12-4-8-20-11-12/h4-5,7-8,11H,3,6,9-10H2,1-2H3,(H,16,19). The molecule has 0 saturated carbocycles. The predicted molar refractivity (Wildman–Crippen MR) is 74.9 cm³/mol. The first-order valence-electron chi connectivity index (χ1n) is 6.70. The Labute approximate surface area is 118 Å². The molecule has 0 atom stereocenters. The molecule has 0 spiro atoms. The molecule has 0 aliphatic heterocycles. The number of nitrogens with one attached hydrogen (secondary N) is 1. The van der Waals surface area contributed by atoms with Crippen molar-refractivity contribution in [3.63, 3.8) is 0 Å². The van der Waals surface area contributed by atoms with E-state index < -0.39 is 0 Å². The molecule has 0 fully saturated rings. The summed E-state index contributed by atoms with van der Waals surface area (Å²) < 4.78 is 6.90. The van der Waals surface area contributed by atoms with Crippen LogP contribution in [0.4, 0.5) is 4.79 Å². The molecule has 2 aromatic heterocycles. The number of hydrogen-bond acceptors (Lipinski definition) is 3. The van der Waals surface area contributed by atoms with Crippen molar-refractivity contribution < 1.29 is 9.21 Å². The molecule has 2 rings (SSSR count). The summed E-state index contributed by atoms with van der Waals surface area (Å²) in [7, 11) is 1.93. The summed E-state index contributed by atoms with van der Waals surface area (Å²) in [6.07, 6.45) is 7.75. The molecule has 0 radical (unpaired) electrons. The highest BCUT2D eigenvalue weighted by atomic mass is 16.3. The van der Waals surface area contributed by atoms with Crippen LogP contribution in [0.25, 0.3) is 0 Å². The van der Waals surface area contributed by atoms with Crippen molar-refractivity contribution in [1.29, 1.82) is 0 Å². The molecule has 0 unspecified atom stereocenters. The first-order chi connectivity index (χ1) is 9.70. The number of imidazole rings is 1. The summed E-state index contributed by atoms with van der Waals surface area (Å²) in [6.45, 7) is 3.73. The smallest absolute Gasteiger partial charge is 0.318 e. The molecule has 0 aliphatic rings. The zero-order chi connectivity index (χ0) is 14.4. The van der Waals surface area contributed by atoms with Crippen LogP contribution in [0.1, 0.15) is 24.7 Å². The Morgan fingerprint density at radius 3 is 3.00 bits per heavy atom. The van der Waals surface area contributed by atoms with Gasteiger partial charge in [0.1, 0.15) is 5.82 Å². The Balaban J connectivity index is 1.93. The van der Waals surface area contributed by atoms with Crippen LogP contribution in [0.5, 0.6) is 0 Å². The minimum absolute atomic E-state index is 0.0870. The molecule has 0 saturated heterocycles. The molecule has 2 heterocycles. The number of carbonyl (C=O) groups is 1. The number of nitrogens with zero attached hydrogens (tertiary/aromatic N) is 3. The second-order valence-corrected chi connectivity index (χ2v) is 4.67. The van der Waals surface area contributed by atoms with Gasteiger partial charge in [0.15, 0.2) is 0 Å². The van der Waals surface area contributed by atoms with E-state index in [1.807, 2.05) is 23.9 Å². The molecule has 0 bridgehead atoms. The lowest BCUT2D eigenvalue weighted by molar-refractivity contribution is 0.192. The Hall–Kier alpha value is -2.24. The van der Waals surface area contributed by atoms with Gasteiger partial charge in [0.05, 0.1) is 19.1 Å². The van der Waals surface area contributed by atoms with Crippen molar-refractivity contribution >= 4 is 6.03 Å². The number of aryl methyl sites for hydroxylation is 1. The molecule has 1 N–H and O–H groups in total. The van der Waals surface area contributed by atoms with Gasteiger partial charge in [-0.15, -0.1) is 0 Å². The summed E-state index contributed by atoms with van der Waals surface area (Å²) in [5.74, 6) is 0.872. The second kappa shape index (κ2) is 6.79. The van der Waals surface area contributed by atoms with E-state index in [1.165, 1.54) is 0 Å². The van der Waals surface area contributed by atoms with Gasteiger partial charge in [-0.2, -0.15) is 0 Å². The lowest BCUT2D eigenvalue weighted by Gasteiger charge is -2.22. The molecule has 2 aromatic rings. The number of rotatable bonds is 6. The molecular weight excluding hydrogens is 256 g/mol. The summed E-state index contributed by atoms with van der Waals surface area (Å²) in [6, 6.07) is 1.75. The number of aromatic nitrogens is 2. The Morgan fingerprint density at radius 1 is 1.55 bits per heavy atom. The number of carbonyl (C=O) groups excluding carboxylic acids is 1. The maximum absolute atomic E-state index is 12.2. The van der Waals surface area contributed by atoms with Gasteiger partial charge in [-0.1, -0.05) is 6.92 Å². The fourth-order valence-electron chi connectivity index (χ4n) is 1.92. The second-order valence-electron chi connectivity index (χ2n) is 4.67. The van der Waals surface area contributed by atoms with Gasteiger partial charge in [0.2, 0.25) is 0 Å². The monoisotopic (exact) mass is 276 g/mol. The van der Waals surface area contributed by atoms with E-state index in [4.69, 9.17) is 4.42 Å². The third-order valence-electron chi connectivity index (χ3n) is 3.06. The van der Waals surface area contributed by atoms with Gasteiger partial charge >= 0.3 is 6.03 Å². The fourth-order valence-corrected chi connectivity index (χ4v) is 1.92. The molecule has 6 heteroatoms. The van der Waals surface area contributed by atoms with Crippen LogP contribution >= 0.6 is 0 Å². The zero-order valence-corrected chi connectivity index (χ0v) is 11.9. The van der Waals surface area contributed by atoms with Crippen molar-refractivity contribution in [2.24, 2.45) is 7.05 Å². The zero-order valence-electron chi connectivity index (χ0n) is 11.9. The van der Waals surface area contributed by atoms with Crippen molar-refractivity contribution in [1.82, 2.24) is 19.8 Å². The third-order valence-corrected chi connectivity index (χ3v) is 3.06. The highest BCUT2D eigenvalue weighted by molar-refractivity contribution is 5.74. The van der Waals surface area contributed by atoms with Crippen molar-refractivity contribution in [2.45, 2.75) is 26.4 Å². The van der Waals surface area contributed by atoms with Crippen LogP contribution in [0.3, 0.4) is 0 Å². The van der Waals surface area contributed by atoms with E-state index in [9.17, 15) is 4.79 Å². The molecular formula is C14H20N4O2. The van der Waals surface area contributed by atoms with Crippen LogP contribution in [0, 0.1) is 0 Å². The molecule has 6 nitrogen and oxygen atoms in total. The minimum Gasteiger partial charge on any atom is -0.472 e. The number of furan rings is 1. The first-order valence-corrected chi connectivity index (χ1v) is 6.70. The van der Waals surface area contributed by atoms with Crippen LogP contribution in [-0.4, -0.2) is 27.0 Å². The topological polar surface area (TPSA) is 63.3 Å². The van der Waals surface area contributed by atoms with Gasteiger partial charge < -0.3 is 19.2 Å². The van der Waals surface area contributed by atoms with Crippen LogP contribution in [0.2, 0.25) is 0 Å².